The third-order valence-electron chi connectivity index (χ3n) is 4.51. The van der Waals surface area contributed by atoms with Crippen molar-refractivity contribution in [3.05, 3.63) is 28.8 Å². The monoisotopic (exact) mass is 372 g/mol. The summed E-state index contributed by atoms with van der Waals surface area (Å²) < 4.78 is 46.5. The number of ether oxygens (including phenoxy) is 2. The molecule has 1 fully saturated rings. The number of alkyl halides is 3. The number of anilines is 1. The van der Waals surface area contributed by atoms with Crippen LogP contribution in [-0.4, -0.2) is 31.0 Å². The molecule has 1 aromatic carbocycles. The van der Waals surface area contributed by atoms with Crippen molar-refractivity contribution in [1.82, 2.24) is 5.32 Å². The van der Waals surface area contributed by atoms with Crippen LogP contribution in [0, 0.1) is 0 Å². The molecule has 0 saturated carbocycles. The highest BCUT2D eigenvalue weighted by Gasteiger charge is 2.42. The Kier molecular flexibility index (Phi) is 3.88. The summed E-state index contributed by atoms with van der Waals surface area (Å²) in [4.78, 5) is 13.6. The van der Waals surface area contributed by atoms with E-state index in [1.54, 1.807) is 0 Å². The van der Waals surface area contributed by atoms with E-state index in [0.717, 1.165) is 30.3 Å². The molecule has 1 aromatic rings. The normalized spacial score (nSPS) is 22.0. The highest BCUT2D eigenvalue weighted by atomic mass is 32.2. The molecule has 0 radical (unpaired) electrons. The van der Waals surface area contributed by atoms with Gasteiger partial charge in [-0.15, -0.1) is 13.2 Å². The van der Waals surface area contributed by atoms with Crippen LogP contribution in [0.25, 0.3) is 0 Å². The number of fused-ring (bicyclic) bond motifs is 1. The second-order valence-electron chi connectivity index (χ2n) is 6.26. The van der Waals surface area contributed by atoms with E-state index in [4.69, 9.17) is 4.74 Å². The van der Waals surface area contributed by atoms with Gasteiger partial charge in [-0.05, 0) is 31.0 Å². The molecule has 1 amide bonds. The maximum Gasteiger partial charge on any atom is 0.573 e. The minimum absolute atomic E-state index is 0.201. The van der Waals surface area contributed by atoms with Crippen molar-refractivity contribution in [3.8, 4) is 5.75 Å². The highest BCUT2D eigenvalue weighted by molar-refractivity contribution is 8.04. The predicted molar refractivity (Wildman–Crippen MR) is 85.2 cm³/mol. The Morgan fingerprint density at radius 1 is 1.24 bits per heavy atom. The van der Waals surface area contributed by atoms with E-state index in [2.05, 4.69) is 15.4 Å². The van der Waals surface area contributed by atoms with Gasteiger partial charge in [-0.25, -0.2) is 0 Å². The maximum absolute atomic E-state index is 12.5. The van der Waals surface area contributed by atoms with Crippen LogP contribution in [0.4, 0.5) is 18.9 Å². The lowest BCUT2D eigenvalue weighted by Gasteiger charge is -2.43. The van der Waals surface area contributed by atoms with Gasteiger partial charge < -0.3 is 20.1 Å². The third-order valence-corrected chi connectivity index (χ3v) is 5.70. The molecule has 3 heterocycles. The number of benzene rings is 1. The lowest BCUT2D eigenvalue weighted by Crippen LogP contribution is -2.55. The van der Waals surface area contributed by atoms with Crippen LogP contribution in [0.3, 0.4) is 0 Å². The maximum atomic E-state index is 12.5. The van der Waals surface area contributed by atoms with Gasteiger partial charge in [0.05, 0.1) is 16.1 Å². The zero-order chi connectivity index (χ0) is 17.7. The average Bonchev–Trinajstić information content (AvgIpc) is 2.53. The summed E-state index contributed by atoms with van der Waals surface area (Å²) in [5.41, 5.74) is 1.18. The number of thioether (sulfide) groups is 1. The standard InChI is InChI=1S/C16H15F3N2O3S/c17-16(18,19)24-9-1-2-10-12(7-9)25-13-11(20-10)8-15(21-14(13)22)3-5-23-6-4-15/h1-2,7,20H,3-6,8H2,(H,21,22). The SMILES string of the molecule is O=C1NC2(CCOCC2)CC2=C1Sc1cc(OC(F)(F)F)ccc1N2. The van der Waals surface area contributed by atoms with E-state index in [1.165, 1.54) is 18.2 Å². The van der Waals surface area contributed by atoms with Crippen LogP contribution in [0.1, 0.15) is 19.3 Å². The fourth-order valence-corrected chi connectivity index (χ4v) is 4.34. The number of carbonyl (C=O) groups excluding carboxylic acids is 1. The molecule has 0 unspecified atom stereocenters. The van der Waals surface area contributed by atoms with Crippen molar-refractivity contribution in [3.63, 3.8) is 0 Å². The van der Waals surface area contributed by atoms with E-state index >= 15 is 0 Å². The Hall–Kier alpha value is -1.87. The second-order valence-corrected chi connectivity index (χ2v) is 7.32. The van der Waals surface area contributed by atoms with E-state index in [-0.39, 0.29) is 17.2 Å². The number of amides is 1. The summed E-state index contributed by atoms with van der Waals surface area (Å²) in [7, 11) is 0. The van der Waals surface area contributed by atoms with Crippen molar-refractivity contribution in [1.29, 1.82) is 0 Å². The van der Waals surface area contributed by atoms with Crippen LogP contribution >= 0.6 is 11.8 Å². The molecule has 2 N–H and O–H groups in total. The molecule has 0 aromatic heterocycles. The quantitative estimate of drug-likeness (QED) is 0.792. The Balaban J connectivity index is 1.59. The molecular formula is C16H15F3N2O3S. The minimum Gasteiger partial charge on any atom is -0.406 e. The predicted octanol–water partition coefficient (Wildman–Crippen LogP) is 3.38. The number of halogens is 3. The van der Waals surface area contributed by atoms with Crippen LogP contribution in [0.5, 0.6) is 5.75 Å². The summed E-state index contributed by atoms with van der Waals surface area (Å²) in [6, 6.07) is 4.09. The van der Waals surface area contributed by atoms with Crippen molar-refractivity contribution in [2.24, 2.45) is 0 Å². The van der Waals surface area contributed by atoms with Gasteiger partial charge in [-0.3, -0.25) is 4.79 Å². The number of nitrogens with one attached hydrogen (secondary N) is 2. The molecule has 5 nitrogen and oxygen atoms in total. The summed E-state index contributed by atoms with van der Waals surface area (Å²) in [6.07, 6.45) is -2.60. The highest BCUT2D eigenvalue weighted by Crippen LogP contribution is 2.46. The molecule has 4 rings (SSSR count). The van der Waals surface area contributed by atoms with Crippen LogP contribution in [0.15, 0.2) is 33.7 Å². The van der Waals surface area contributed by atoms with E-state index in [1.807, 2.05) is 0 Å². The Bertz CT molecular complexity index is 757. The van der Waals surface area contributed by atoms with E-state index in [9.17, 15) is 18.0 Å². The van der Waals surface area contributed by atoms with Gasteiger partial charge in [0.15, 0.2) is 0 Å². The second kappa shape index (κ2) is 5.84. The third kappa shape index (κ3) is 3.30. The van der Waals surface area contributed by atoms with Gasteiger partial charge in [0.1, 0.15) is 5.75 Å². The van der Waals surface area contributed by atoms with Crippen molar-refractivity contribution in [2.75, 3.05) is 18.5 Å². The number of carbonyl (C=O) groups is 1. The van der Waals surface area contributed by atoms with Crippen LogP contribution in [-0.2, 0) is 9.53 Å². The Labute approximate surface area is 145 Å². The smallest absolute Gasteiger partial charge is 0.406 e. The van der Waals surface area contributed by atoms with Gasteiger partial charge in [0.25, 0.3) is 5.91 Å². The molecule has 0 atom stereocenters. The topological polar surface area (TPSA) is 59.6 Å². The summed E-state index contributed by atoms with van der Waals surface area (Å²) in [5, 5.41) is 6.28. The first kappa shape index (κ1) is 16.6. The van der Waals surface area contributed by atoms with Gasteiger partial charge in [0, 0.05) is 30.2 Å². The van der Waals surface area contributed by atoms with E-state index in [0.29, 0.717) is 35.1 Å². The zero-order valence-corrected chi connectivity index (χ0v) is 13.9. The van der Waals surface area contributed by atoms with Crippen molar-refractivity contribution >= 4 is 23.4 Å². The van der Waals surface area contributed by atoms with Gasteiger partial charge in [0.2, 0.25) is 0 Å². The summed E-state index contributed by atoms with van der Waals surface area (Å²) >= 11 is 1.16. The molecule has 1 spiro atoms. The molecule has 0 bridgehead atoms. The summed E-state index contributed by atoms with van der Waals surface area (Å²) in [6.45, 7) is 1.20. The molecule has 9 heteroatoms. The summed E-state index contributed by atoms with van der Waals surface area (Å²) in [5.74, 6) is -0.504. The molecule has 0 aliphatic carbocycles. The first-order valence-electron chi connectivity index (χ1n) is 7.82. The number of hydrogen-bond acceptors (Lipinski definition) is 5. The molecule has 3 aliphatic heterocycles. The number of hydrogen-bond donors (Lipinski definition) is 2. The fourth-order valence-electron chi connectivity index (χ4n) is 3.33. The molecule has 134 valence electrons. The molecule has 1 saturated heterocycles. The van der Waals surface area contributed by atoms with Crippen molar-refractivity contribution in [2.45, 2.75) is 36.1 Å². The molecular weight excluding hydrogens is 357 g/mol. The van der Waals surface area contributed by atoms with Crippen LogP contribution < -0.4 is 15.4 Å². The molecule has 3 aliphatic rings. The Morgan fingerprint density at radius 3 is 2.72 bits per heavy atom. The largest absolute Gasteiger partial charge is 0.573 e. The van der Waals surface area contributed by atoms with Gasteiger partial charge >= 0.3 is 6.36 Å². The fraction of sp³-hybridized carbons (Fsp3) is 0.438. The average molecular weight is 372 g/mol. The van der Waals surface area contributed by atoms with Crippen LogP contribution in [0.2, 0.25) is 0 Å². The first-order chi connectivity index (χ1) is 11.8. The lowest BCUT2D eigenvalue weighted by molar-refractivity contribution is -0.274. The van der Waals surface area contributed by atoms with Gasteiger partial charge in [-0.1, -0.05) is 11.8 Å². The lowest BCUT2D eigenvalue weighted by atomic mass is 9.83. The Morgan fingerprint density at radius 2 is 2.00 bits per heavy atom. The first-order valence-corrected chi connectivity index (χ1v) is 8.63. The molecule has 25 heavy (non-hydrogen) atoms. The number of rotatable bonds is 1. The van der Waals surface area contributed by atoms with E-state index < -0.39 is 6.36 Å². The minimum atomic E-state index is -4.75. The van der Waals surface area contributed by atoms with Gasteiger partial charge in [-0.2, -0.15) is 0 Å². The van der Waals surface area contributed by atoms with Crippen molar-refractivity contribution < 1.29 is 27.4 Å². The zero-order valence-electron chi connectivity index (χ0n) is 13.0.